The van der Waals surface area contributed by atoms with Crippen molar-refractivity contribution in [2.75, 3.05) is 25.1 Å². The van der Waals surface area contributed by atoms with Crippen molar-refractivity contribution in [2.45, 2.75) is 90.9 Å². The molecule has 0 radical (unpaired) electrons. The molecule has 1 saturated carbocycles. The van der Waals surface area contributed by atoms with E-state index in [1.54, 1.807) is 0 Å². The molecule has 0 saturated heterocycles. The summed E-state index contributed by atoms with van der Waals surface area (Å²) in [6, 6.07) is 15.0. The third-order valence-electron chi connectivity index (χ3n) is 6.72. The molecule has 3 nitrogen and oxygen atoms in total. The van der Waals surface area contributed by atoms with Crippen molar-refractivity contribution >= 4 is 5.69 Å². The Kier molecular flexibility index (Phi) is 8.73. The topological polar surface area (TPSA) is 30.5 Å². The first-order chi connectivity index (χ1) is 15.6. The van der Waals surface area contributed by atoms with Crippen LogP contribution in [0.4, 0.5) is 5.69 Å². The van der Waals surface area contributed by atoms with Gasteiger partial charge < -0.3 is 14.8 Å². The highest BCUT2D eigenvalue weighted by Crippen LogP contribution is 2.35. The first kappa shape index (κ1) is 25.5. The predicted octanol–water partition coefficient (Wildman–Crippen LogP) is 8.12. The maximum atomic E-state index is 6.20. The highest BCUT2D eigenvalue weighted by Gasteiger charge is 2.23. The third kappa shape index (κ3) is 7.98. The van der Waals surface area contributed by atoms with E-state index in [1.807, 2.05) is 0 Å². The van der Waals surface area contributed by atoms with E-state index in [0.29, 0.717) is 6.61 Å². The van der Waals surface area contributed by atoms with Crippen molar-refractivity contribution in [3.05, 3.63) is 53.6 Å². The van der Waals surface area contributed by atoms with E-state index in [-0.39, 0.29) is 10.8 Å². The lowest BCUT2D eigenvalue weighted by atomic mass is 9.80. The molecule has 2 aromatic rings. The first-order valence-corrected chi connectivity index (χ1v) is 12.9. The molecule has 33 heavy (non-hydrogen) atoms. The van der Waals surface area contributed by atoms with Crippen molar-refractivity contribution in [3.8, 4) is 11.5 Å². The summed E-state index contributed by atoms with van der Waals surface area (Å²) in [6.07, 6.45) is 8.16. The fourth-order valence-corrected chi connectivity index (χ4v) is 4.55. The van der Waals surface area contributed by atoms with Gasteiger partial charge in [-0.05, 0) is 64.6 Å². The molecule has 182 valence electrons. The predicted molar refractivity (Wildman–Crippen MR) is 141 cm³/mol. The maximum absolute atomic E-state index is 6.20. The van der Waals surface area contributed by atoms with Crippen molar-refractivity contribution in [1.29, 1.82) is 0 Å². The van der Waals surface area contributed by atoms with E-state index in [0.717, 1.165) is 36.3 Å². The average molecular weight is 452 g/mol. The van der Waals surface area contributed by atoms with E-state index in [2.05, 4.69) is 89.3 Å². The number of hydrogen-bond acceptors (Lipinski definition) is 3. The van der Waals surface area contributed by atoms with Crippen LogP contribution in [0.5, 0.6) is 11.5 Å². The first-order valence-electron chi connectivity index (χ1n) is 12.9. The summed E-state index contributed by atoms with van der Waals surface area (Å²) in [4.78, 5) is 0. The van der Waals surface area contributed by atoms with Crippen LogP contribution in [0.2, 0.25) is 0 Å². The molecule has 0 spiro atoms. The molecule has 0 amide bonds. The van der Waals surface area contributed by atoms with Crippen LogP contribution in [0.3, 0.4) is 0 Å². The summed E-state index contributed by atoms with van der Waals surface area (Å²) in [6.45, 7) is 15.7. The Hall–Kier alpha value is -2.16. The molecule has 0 heterocycles. The molecule has 0 atom stereocenters. The van der Waals surface area contributed by atoms with Gasteiger partial charge in [0.1, 0.15) is 18.1 Å². The van der Waals surface area contributed by atoms with E-state index in [1.165, 1.54) is 49.7 Å². The summed E-state index contributed by atoms with van der Waals surface area (Å²) in [5, 5.41) is 3.46. The lowest BCUT2D eigenvalue weighted by Crippen LogP contribution is -2.19. The minimum absolute atomic E-state index is 0.0385. The zero-order valence-electron chi connectivity index (χ0n) is 21.8. The third-order valence-corrected chi connectivity index (χ3v) is 6.72. The molecular weight excluding hydrogens is 406 g/mol. The standard InChI is InChI=1S/C30H45NO2/c1-29(2,3)24-12-17-28(27(22-24)30(4,5)6)33-21-19-31-25-13-15-26(16-14-25)32-20-18-23-10-8-7-9-11-23/h12-17,22-23,31H,7-11,18-21H2,1-6H3. The largest absolute Gasteiger partial charge is 0.494 e. The van der Waals surface area contributed by atoms with Gasteiger partial charge in [0.25, 0.3) is 0 Å². The van der Waals surface area contributed by atoms with Crippen molar-refractivity contribution < 1.29 is 9.47 Å². The summed E-state index contributed by atoms with van der Waals surface area (Å²) in [5.74, 6) is 2.81. The van der Waals surface area contributed by atoms with E-state index in [9.17, 15) is 0 Å². The van der Waals surface area contributed by atoms with E-state index < -0.39 is 0 Å². The Morgan fingerprint density at radius 2 is 1.48 bits per heavy atom. The molecule has 1 aliphatic rings. The molecule has 3 rings (SSSR count). The number of ether oxygens (including phenoxy) is 2. The molecule has 0 aromatic heterocycles. The Labute approximate surface area is 202 Å². The summed E-state index contributed by atoms with van der Waals surface area (Å²) in [5.41, 5.74) is 3.88. The molecule has 1 fully saturated rings. The molecule has 0 unspecified atom stereocenters. The number of rotatable bonds is 9. The second kappa shape index (κ2) is 11.3. The normalized spacial score (nSPS) is 15.3. The Morgan fingerprint density at radius 1 is 0.788 bits per heavy atom. The van der Waals surface area contributed by atoms with Crippen molar-refractivity contribution in [3.63, 3.8) is 0 Å². The van der Waals surface area contributed by atoms with Gasteiger partial charge in [-0.1, -0.05) is 85.8 Å². The van der Waals surface area contributed by atoms with Crippen LogP contribution < -0.4 is 14.8 Å². The molecule has 0 bridgehead atoms. The SMILES string of the molecule is CC(C)(C)c1ccc(OCCNc2ccc(OCCC3CCCCC3)cc2)c(C(C)(C)C)c1. The van der Waals surface area contributed by atoms with Crippen LogP contribution in [0.1, 0.15) is 91.2 Å². The molecule has 2 aromatic carbocycles. The van der Waals surface area contributed by atoms with Crippen molar-refractivity contribution in [2.24, 2.45) is 5.92 Å². The quantitative estimate of drug-likeness (QED) is 0.390. The second-order valence-electron chi connectivity index (χ2n) is 11.7. The van der Waals surface area contributed by atoms with Gasteiger partial charge in [-0.3, -0.25) is 0 Å². The minimum atomic E-state index is 0.0385. The van der Waals surface area contributed by atoms with Crippen LogP contribution in [0.15, 0.2) is 42.5 Å². The summed E-state index contributed by atoms with van der Waals surface area (Å²) >= 11 is 0. The number of hydrogen-bond donors (Lipinski definition) is 1. The Bertz CT molecular complexity index is 852. The minimum Gasteiger partial charge on any atom is -0.494 e. The zero-order valence-corrected chi connectivity index (χ0v) is 21.8. The lowest BCUT2D eigenvalue weighted by molar-refractivity contribution is 0.246. The summed E-state index contributed by atoms with van der Waals surface area (Å²) < 4.78 is 12.2. The monoisotopic (exact) mass is 451 g/mol. The molecule has 0 aliphatic heterocycles. The van der Waals surface area contributed by atoms with Gasteiger partial charge in [0.15, 0.2) is 0 Å². The number of anilines is 1. The second-order valence-corrected chi connectivity index (χ2v) is 11.7. The van der Waals surface area contributed by atoms with Crippen LogP contribution in [0.25, 0.3) is 0 Å². The fourth-order valence-electron chi connectivity index (χ4n) is 4.55. The average Bonchev–Trinajstić information content (AvgIpc) is 2.77. The van der Waals surface area contributed by atoms with Gasteiger partial charge in [-0.2, -0.15) is 0 Å². The summed E-state index contributed by atoms with van der Waals surface area (Å²) in [7, 11) is 0. The highest BCUT2D eigenvalue weighted by atomic mass is 16.5. The Morgan fingerprint density at radius 3 is 2.12 bits per heavy atom. The van der Waals surface area contributed by atoms with Gasteiger partial charge in [0.05, 0.1) is 6.61 Å². The molecular formula is C30H45NO2. The van der Waals surface area contributed by atoms with E-state index in [4.69, 9.17) is 9.47 Å². The van der Waals surface area contributed by atoms with E-state index >= 15 is 0 Å². The lowest BCUT2D eigenvalue weighted by Gasteiger charge is -2.27. The zero-order chi connectivity index (χ0) is 23.9. The van der Waals surface area contributed by atoms with Gasteiger partial charge >= 0.3 is 0 Å². The van der Waals surface area contributed by atoms with Gasteiger partial charge in [0.2, 0.25) is 0 Å². The maximum Gasteiger partial charge on any atom is 0.123 e. The number of benzene rings is 2. The van der Waals surface area contributed by atoms with Crippen LogP contribution in [-0.4, -0.2) is 19.8 Å². The Balaban J connectivity index is 1.45. The molecule has 1 N–H and O–H groups in total. The van der Waals surface area contributed by atoms with Crippen molar-refractivity contribution in [1.82, 2.24) is 0 Å². The van der Waals surface area contributed by atoms with Crippen LogP contribution in [-0.2, 0) is 10.8 Å². The fraction of sp³-hybridized carbons (Fsp3) is 0.600. The van der Waals surface area contributed by atoms with Gasteiger partial charge in [-0.25, -0.2) is 0 Å². The highest BCUT2D eigenvalue weighted by molar-refractivity contribution is 5.46. The smallest absolute Gasteiger partial charge is 0.123 e. The number of nitrogens with one attached hydrogen (secondary N) is 1. The molecule has 1 aliphatic carbocycles. The van der Waals surface area contributed by atoms with Crippen LogP contribution >= 0.6 is 0 Å². The molecule has 3 heteroatoms. The van der Waals surface area contributed by atoms with Gasteiger partial charge in [-0.15, -0.1) is 0 Å². The van der Waals surface area contributed by atoms with Gasteiger partial charge in [0, 0.05) is 12.2 Å². The van der Waals surface area contributed by atoms with Crippen LogP contribution in [0, 0.1) is 5.92 Å².